The molecule has 0 heterocycles. The lowest BCUT2D eigenvalue weighted by Crippen LogP contribution is -2.38. The molecule has 136 valence electrons. The normalized spacial score (nSPS) is 14.3. The third-order valence-corrected chi connectivity index (χ3v) is 3.91. The van der Waals surface area contributed by atoms with Crippen LogP contribution in [0.2, 0.25) is 0 Å². The van der Waals surface area contributed by atoms with Crippen molar-refractivity contribution < 1.29 is 23.9 Å². The highest BCUT2D eigenvalue weighted by molar-refractivity contribution is 5.98. The number of para-hydroxylation sites is 1. The lowest BCUT2D eigenvalue weighted by molar-refractivity contribution is -0.147. The minimum Gasteiger partial charge on any atom is -0.493 e. The number of benzene rings is 1. The van der Waals surface area contributed by atoms with Gasteiger partial charge in [-0.2, -0.15) is 0 Å². The summed E-state index contributed by atoms with van der Waals surface area (Å²) in [6.07, 6.45) is 2.24. The topological polar surface area (TPSA) is 93.7 Å². The fourth-order valence-electron chi connectivity index (χ4n) is 2.39. The van der Waals surface area contributed by atoms with Crippen molar-refractivity contribution in [3.8, 4) is 5.75 Å². The molecule has 0 bridgehead atoms. The zero-order valence-corrected chi connectivity index (χ0v) is 14.5. The van der Waals surface area contributed by atoms with Crippen molar-refractivity contribution in [2.45, 2.75) is 32.7 Å². The predicted octanol–water partition coefficient (Wildman–Crippen LogP) is 1.27. The number of carbonyl (C=O) groups is 3. The molecule has 2 rings (SSSR count). The van der Waals surface area contributed by atoms with E-state index in [4.69, 9.17) is 9.47 Å². The summed E-state index contributed by atoms with van der Waals surface area (Å²) >= 11 is 0. The summed E-state index contributed by atoms with van der Waals surface area (Å²) in [5, 5.41) is 5.25. The van der Waals surface area contributed by atoms with Gasteiger partial charge in [-0.25, -0.2) is 0 Å². The maximum atomic E-state index is 12.1. The summed E-state index contributed by atoms with van der Waals surface area (Å²) in [5.74, 6) is -0.460. The van der Waals surface area contributed by atoms with Gasteiger partial charge in [-0.15, -0.1) is 0 Å². The van der Waals surface area contributed by atoms with Crippen molar-refractivity contribution >= 4 is 17.8 Å². The first-order valence-electron chi connectivity index (χ1n) is 8.46. The van der Waals surface area contributed by atoms with Gasteiger partial charge in [-0.3, -0.25) is 14.4 Å². The third kappa shape index (κ3) is 6.10. The summed E-state index contributed by atoms with van der Waals surface area (Å²) in [6, 6.07) is 6.86. The number of ether oxygens (including phenoxy) is 2. The van der Waals surface area contributed by atoms with Crippen LogP contribution < -0.4 is 15.4 Å². The first-order valence-corrected chi connectivity index (χ1v) is 8.46. The highest BCUT2D eigenvalue weighted by Gasteiger charge is 2.29. The van der Waals surface area contributed by atoms with Gasteiger partial charge < -0.3 is 20.1 Å². The average Bonchev–Trinajstić information content (AvgIpc) is 3.43. The summed E-state index contributed by atoms with van der Waals surface area (Å²) < 4.78 is 10.2. The number of esters is 1. The number of carbonyl (C=O) groups excluding carboxylic acids is 3. The molecule has 0 saturated heterocycles. The van der Waals surface area contributed by atoms with Crippen LogP contribution in [0.4, 0.5) is 0 Å². The highest BCUT2D eigenvalue weighted by Crippen LogP contribution is 2.32. The Hall–Kier alpha value is -2.57. The number of nitrogens with one attached hydrogen (secondary N) is 2. The molecule has 1 saturated carbocycles. The molecule has 2 N–H and O–H groups in total. The van der Waals surface area contributed by atoms with E-state index in [0.717, 1.165) is 12.8 Å². The minimum atomic E-state index is -0.670. The SMILES string of the molecule is CCOc1ccccc1C(=O)NCC(=O)OCC(=O)N[C@@H](C)C1CC1. The van der Waals surface area contributed by atoms with Gasteiger partial charge in [0.25, 0.3) is 11.8 Å². The van der Waals surface area contributed by atoms with E-state index in [1.54, 1.807) is 24.3 Å². The van der Waals surface area contributed by atoms with Crippen LogP contribution in [-0.4, -0.2) is 43.6 Å². The Morgan fingerprint density at radius 1 is 1.24 bits per heavy atom. The molecule has 1 aliphatic rings. The Morgan fingerprint density at radius 3 is 2.64 bits per heavy atom. The lowest BCUT2D eigenvalue weighted by atomic mass is 10.2. The van der Waals surface area contributed by atoms with E-state index >= 15 is 0 Å². The predicted molar refractivity (Wildman–Crippen MR) is 91.2 cm³/mol. The Bertz CT molecular complexity index is 628. The second-order valence-corrected chi connectivity index (χ2v) is 5.97. The Labute approximate surface area is 147 Å². The van der Waals surface area contributed by atoms with Crippen molar-refractivity contribution in [1.29, 1.82) is 0 Å². The Balaban J connectivity index is 1.72. The molecule has 1 aromatic rings. The second kappa shape index (κ2) is 9.05. The largest absolute Gasteiger partial charge is 0.493 e. The highest BCUT2D eigenvalue weighted by atomic mass is 16.5. The fraction of sp³-hybridized carbons (Fsp3) is 0.500. The molecule has 1 aromatic carbocycles. The second-order valence-electron chi connectivity index (χ2n) is 5.97. The molecule has 0 aromatic heterocycles. The van der Waals surface area contributed by atoms with Crippen molar-refractivity contribution in [3.63, 3.8) is 0 Å². The van der Waals surface area contributed by atoms with Gasteiger partial charge in [0.2, 0.25) is 0 Å². The molecular formula is C18H24N2O5. The molecule has 0 spiro atoms. The van der Waals surface area contributed by atoms with E-state index in [1.165, 1.54) is 0 Å². The van der Waals surface area contributed by atoms with Crippen LogP contribution in [0.5, 0.6) is 5.75 Å². The van der Waals surface area contributed by atoms with E-state index in [1.807, 2.05) is 13.8 Å². The van der Waals surface area contributed by atoms with E-state index in [2.05, 4.69) is 10.6 Å². The zero-order valence-electron chi connectivity index (χ0n) is 14.5. The van der Waals surface area contributed by atoms with E-state index < -0.39 is 11.9 Å². The molecule has 2 amide bonds. The lowest BCUT2D eigenvalue weighted by Gasteiger charge is -2.13. The molecule has 0 radical (unpaired) electrons. The van der Waals surface area contributed by atoms with Gasteiger partial charge in [-0.1, -0.05) is 12.1 Å². The zero-order chi connectivity index (χ0) is 18.2. The molecule has 25 heavy (non-hydrogen) atoms. The number of amides is 2. The molecule has 0 aliphatic heterocycles. The van der Waals surface area contributed by atoms with Crippen LogP contribution in [0.3, 0.4) is 0 Å². The Morgan fingerprint density at radius 2 is 1.96 bits per heavy atom. The van der Waals surface area contributed by atoms with Gasteiger partial charge in [0, 0.05) is 6.04 Å². The standard InChI is InChI=1S/C18H24N2O5/c1-3-24-15-7-5-4-6-14(15)18(23)19-10-17(22)25-11-16(21)20-12(2)13-8-9-13/h4-7,12-13H,3,8-11H2,1-2H3,(H,19,23)(H,20,21)/t12-/m0/s1. The first kappa shape index (κ1) is 18.8. The molecule has 1 atom stereocenters. The molecule has 7 heteroatoms. The van der Waals surface area contributed by atoms with Crippen LogP contribution >= 0.6 is 0 Å². The van der Waals surface area contributed by atoms with Gasteiger partial charge in [0.15, 0.2) is 6.61 Å². The van der Waals surface area contributed by atoms with Gasteiger partial charge in [-0.05, 0) is 44.7 Å². The maximum absolute atomic E-state index is 12.1. The van der Waals surface area contributed by atoms with Crippen LogP contribution in [-0.2, 0) is 14.3 Å². The average molecular weight is 348 g/mol. The van der Waals surface area contributed by atoms with Gasteiger partial charge >= 0.3 is 5.97 Å². The molecule has 1 fully saturated rings. The van der Waals surface area contributed by atoms with Crippen LogP contribution in [0.25, 0.3) is 0 Å². The summed E-state index contributed by atoms with van der Waals surface area (Å²) in [7, 11) is 0. The van der Waals surface area contributed by atoms with Crippen LogP contribution in [0.15, 0.2) is 24.3 Å². The van der Waals surface area contributed by atoms with E-state index in [-0.39, 0.29) is 25.1 Å². The summed E-state index contributed by atoms with van der Waals surface area (Å²) in [4.78, 5) is 35.5. The van der Waals surface area contributed by atoms with Crippen LogP contribution in [0.1, 0.15) is 37.0 Å². The van der Waals surface area contributed by atoms with Crippen molar-refractivity contribution in [2.75, 3.05) is 19.8 Å². The van der Waals surface area contributed by atoms with Crippen molar-refractivity contribution in [2.24, 2.45) is 5.92 Å². The molecular weight excluding hydrogens is 324 g/mol. The van der Waals surface area contributed by atoms with Crippen molar-refractivity contribution in [3.05, 3.63) is 29.8 Å². The minimum absolute atomic E-state index is 0.0981. The molecule has 0 unspecified atom stereocenters. The number of rotatable bonds is 9. The van der Waals surface area contributed by atoms with Gasteiger partial charge in [0.05, 0.1) is 12.2 Å². The summed E-state index contributed by atoms with van der Waals surface area (Å²) in [5.41, 5.74) is 0.341. The van der Waals surface area contributed by atoms with E-state index in [0.29, 0.717) is 23.8 Å². The van der Waals surface area contributed by atoms with Crippen molar-refractivity contribution in [1.82, 2.24) is 10.6 Å². The quantitative estimate of drug-likeness (QED) is 0.656. The maximum Gasteiger partial charge on any atom is 0.325 e. The monoisotopic (exact) mass is 348 g/mol. The fourth-order valence-corrected chi connectivity index (χ4v) is 2.39. The smallest absolute Gasteiger partial charge is 0.325 e. The number of hydrogen-bond donors (Lipinski definition) is 2. The summed E-state index contributed by atoms with van der Waals surface area (Å²) in [6.45, 7) is 3.53. The first-order chi connectivity index (χ1) is 12.0. The van der Waals surface area contributed by atoms with E-state index in [9.17, 15) is 14.4 Å². The number of hydrogen-bond acceptors (Lipinski definition) is 5. The van der Waals surface area contributed by atoms with Crippen LogP contribution in [0, 0.1) is 5.92 Å². The molecule has 7 nitrogen and oxygen atoms in total. The molecule has 1 aliphatic carbocycles. The third-order valence-electron chi connectivity index (χ3n) is 3.91. The Kier molecular flexibility index (Phi) is 6.80. The van der Waals surface area contributed by atoms with Gasteiger partial charge in [0.1, 0.15) is 12.3 Å².